The van der Waals surface area contributed by atoms with Gasteiger partial charge in [-0.15, -0.1) is 0 Å². The molecular formula is C25H29N5O2. The molecule has 2 aliphatic rings. The monoisotopic (exact) mass is 431 g/mol. The molecule has 2 atom stereocenters. The zero-order chi connectivity index (χ0) is 23.5. The Kier molecular flexibility index (Phi) is 6.78. The number of fused-ring (bicyclic) bond motifs is 1. The van der Waals surface area contributed by atoms with Crippen LogP contribution in [0.1, 0.15) is 38.7 Å². The van der Waals surface area contributed by atoms with Gasteiger partial charge in [-0.25, -0.2) is 0 Å². The van der Waals surface area contributed by atoms with Crippen molar-refractivity contribution in [3.63, 3.8) is 0 Å². The second-order valence-corrected chi connectivity index (χ2v) is 8.51. The molecule has 1 aromatic carbocycles. The highest BCUT2D eigenvalue weighted by Gasteiger charge is 2.54. The zero-order valence-electron chi connectivity index (χ0n) is 19.1. The molecule has 0 fully saturated rings. The second-order valence-electron chi connectivity index (χ2n) is 8.51. The van der Waals surface area contributed by atoms with Crippen molar-refractivity contribution in [1.82, 2.24) is 4.90 Å². The molecule has 7 heteroatoms. The molecule has 0 bridgehead atoms. The molecule has 1 aliphatic heterocycles. The lowest BCUT2D eigenvalue weighted by Crippen LogP contribution is -2.48. The molecule has 1 aromatic rings. The lowest BCUT2D eigenvalue weighted by molar-refractivity contribution is 0.206. The number of nitrogens with two attached hydrogens (primary N) is 1. The fraction of sp³-hybridized carbons (Fsp3) is 0.480. The van der Waals surface area contributed by atoms with E-state index < -0.39 is 11.3 Å². The lowest BCUT2D eigenvalue weighted by atomic mass is 9.58. The Morgan fingerprint density at radius 2 is 1.94 bits per heavy atom. The minimum Gasteiger partial charge on any atom is -0.493 e. The summed E-state index contributed by atoms with van der Waals surface area (Å²) in [7, 11) is 1.56. The molecule has 0 spiro atoms. The first-order valence-corrected chi connectivity index (χ1v) is 10.9. The average molecular weight is 432 g/mol. The normalized spacial score (nSPS) is 22.2. The maximum Gasteiger partial charge on any atom is 0.191 e. The summed E-state index contributed by atoms with van der Waals surface area (Å²) >= 11 is 0. The van der Waals surface area contributed by atoms with E-state index >= 15 is 0 Å². The first-order valence-electron chi connectivity index (χ1n) is 10.9. The van der Waals surface area contributed by atoms with E-state index in [4.69, 9.17) is 15.2 Å². The SMILES string of the molecule is CCCN1CC=C2C(C#N)=C(N)C(C#N)(C#N)[C@H](c3ccc(OC(C)C)c(OC)c3)[C@@H]2C1. The van der Waals surface area contributed by atoms with Crippen LogP contribution in [0, 0.1) is 45.3 Å². The van der Waals surface area contributed by atoms with Crippen molar-refractivity contribution >= 4 is 0 Å². The molecule has 1 aliphatic carbocycles. The minimum absolute atomic E-state index is 0.0305. The number of hydrogen-bond donors (Lipinski definition) is 1. The van der Waals surface area contributed by atoms with Crippen molar-refractivity contribution in [1.29, 1.82) is 15.8 Å². The van der Waals surface area contributed by atoms with Crippen LogP contribution in [-0.4, -0.2) is 37.7 Å². The molecule has 7 nitrogen and oxygen atoms in total. The number of ether oxygens (including phenoxy) is 2. The first kappa shape index (κ1) is 23.2. The van der Waals surface area contributed by atoms with Gasteiger partial charge in [0.2, 0.25) is 0 Å². The predicted molar refractivity (Wildman–Crippen MR) is 120 cm³/mol. The van der Waals surface area contributed by atoms with Gasteiger partial charge in [0, 0.05) is 24.9 Å². The number of nitrogens with zero attached hydrogens (tertiary/aromatic N) is 4. The molecule has 1 heterocycles. The summed E-state index contributed by atoms with van der Waals surface area (Å²) in [6.45, 7) is 8.22. The van der Waals surface area contributed by atoms with E-state index in [0.717, 1.165) is 24.1 Å². The third kappa shape index (κ3) is 3.79. The minimum atomic E-state index is -1.66. The van der Waals surface area contributed by atoms with Crippen LogP contribution >= 0.6 is 0 Å². The molecule has 0 unspecified atom stereocenters. The van der Waals surface area contributed by atoms with E-state index in [-0.39, 0.29) is 23.3 Å². The number of nitriles is 3. The van der Waals surface area contributed by atoms with Crippen LogP contribution in [-0.2, 0) is 0 Å². The molecule has 0 radical (unpaired) electrons. The van der Waals surface area contributed by atoms with Gasteiger partial charge < -0.3 is 15.2 Å². The van der Waals surface area contributed by atoms with E-state index in [9.17, 15) is 15.8 Å². The summed E-state index contributed by atoms with van der Waals surface area (Å²) in [5, 5.41) is 30.3. The highest BCUT2D eigenvalue weighted by atomic mass is 16.5. The Labute approximate surface area is 189 Å². The van der Waals surface area contributed by atoms with E-state index in [1.807, 2.05) is 38.1 Å². The van der Waals surface area contributed by atoms with Crippen LogP contribution in [0.4, 0.5) is 0 Å². The summed E-state index contributed by atoms with van der Waals surface area (Å²) in [5.41, 5.74) is 6.60. The summed E-state index contributed by atoms with van der Waals surface area (Å²) in [5.74, 6) is 0.344. The summed E-state index contributed by atoms with van der Waals surface area (Å²) < 4.78 is 11.4. The molecule has 2 N–H and O–H groups in total. The Balaban J connectivity index is 2.24. The molecule has 3 rings (SSSR count). The van der Waals surface area contributed by atoms with Gasteiger partial charge in [-0.2, -0.15) is 15.8 Å². The highest BCUT2D eigenvalue weighted by molar-refractivity contribution is 5.60. The molecule has 0 saturated carbocycles. The van der Waals surface area contributed by atoms with Crippen LogP contribution in [0.2, 0.25) is 0 Å². The van der Waals surface area contributed by atoms with Crippen LogP contribution in [0.3, 0.4) is 0 Å². The third-order valence-electron chi connectivity index (χ3n) is 6.19. The van der Waals surface area contributed by atoms with Crippen LogP contribution in [0.5, 0.6) is 11.5 Å². The van der Waals surface area contributed by atoms with E-state index in [2.05, 4.69) is 30.0 Å². The van der Waals surface area contributed by atoms with Gasteiger partial charge >= 0.3 is 0 Å². The number of rotatable bonds is 6. The van der Waals surface area contributed by atoms with Gasteiger partial charge in [-0.1, -0.05) is 19.1 Å². The fourth-order valence-corrected chi connectivity index (χ4v) is 4.84. The average Bonchev–Trinajstić information content (AvgIpc) is 2.79. The van der Waals surface area contributed by atoms with Crippen molar-refractivity contribution < 1.29 is 9.47 Å². The van der Waals surface area contributed by atoms with Gasteiger partial charge in [0.25, 0.3) is 0 Å². The molecule has 32 heavy (non-hydrogen) atoms. The second kappa shape index (κ2) is 9.35. The van der Waals surface area contributed by atoms with Gasteiger partial charge in [0.1, 0.15) is 6.07 Å². The Bertz CT molecular complexity index is 1050. The molecule has 0 aromatic heterocycles. The van der Waals surface area contributed by atoms with Crippen LogP contribution in [0.25, 0.3) is 0 Å². The first-order chi connectivity index (χ1) is 15.4. The summed E-state index contributed by atoms with van der Waals surface area (Å²) in [6, 6.07) is 12.0. The van der Waals surface area contributed by atoms with E-state index in [1.165, 1.54) is 0 Å². The number of benzene rings is 1. The van der Waals surface area contributed by atoms with Crippen molar-refractivity contribution in [3.8, 4) is 29.7 Å². The zero-order valence-corrected chi connectivity index (χ0v) is 19.1. The Morgan fingerprint density at radius 3 is 2.50 bits per heavy atom. The topological polar surface area (TPSA) is 119 Å². The van der Waals surface area contributed by atoms with Crippen molar-refractivity contribution in [2.45, 2.75) is 39.2 Å². The number of allylic oxidation sites excluding steroid dienone is 2. The largest absolute Gasteiger partial charge is 0.493 e. The number of methoxy groups -OCH3 is 1. The van der Waals surface area contributed by atoms with E-state index in [0.29, 0.717) is 24.6 Å². The fourth-order valence-electron chi connectivity index (χ4n) is 4.84. The van der Waals surface area contributed by atoms with E-state index in [1.54, 1.807) is 7.11 Å². The Morgan fingerprint density at radius 1 is 1.22 bits per heavy atom. The van der Waals surface area contributed by atoms with Crippen LogP contribution in [0.15, 0.2) is 41.1 Å². The van der Waals surface area contributed by atoms with Gasteiger partial charge in [0.15, 0.2) is 16.9 Å². The standard InChI is InChI=1S/C25H29N5O2/c1-5-9-30-10-8-18-19(12-26)24(29)25(14-27,15-28)23(20(18)13-30)17-6-7-21(32-16(2)3)22(11-17)31-4/h6-8,11,16,20,23H,5,9-10,13,29H2,1-4H3/t20-,23-/m1/s1. The van der Waals surface area contributed by atoms with Crippen molar-refractivity contribution in [2.75, 3.05) is 26.7 Å². The van der Waals surface area contributed by atoms with Gasteiger partial charge in [-0.3, -0.25) is 4.90 Å². The maximum atomic E-state index is 10.2. The smallest absolute Gasteiger partial charge is 0.191 e. The quantitative estimate of drug-likeness (QED) is 0.730. The summed E-state index contributed by atoms with van der Waals surface area (Å²) in [6.07, 6.45) is 2.98. The summed E-state index contributed by atoms with van der Waals surface area (Å²) in [4.78, 5) is 2.28. The van der Waals surface area contributed by atoms with Crippen molar-refractivity contribution in [3.05, 3.63) is 46.7 Å². The Hall–Kier alpha value is -3.47. The predicted octanol–water partition coefficient (Wildman–Crippen LogP) is 3.62. The molecule has 0 saturated heterocycles. The number of hydrogen-bond acceptors (Lipinski definition) is 7. The maximum absolute atomic E-state index is 10.2. The molecule has 0 amide bonds. The third-order valence-corrected chi connectivity index (χ3v) is 6.19. The van der Waals surface area contributed by atoms with Gasteiger partial charge in [-0.05, 0) is 50.1 Å². The van der Waals surface area contributed by atoms with Gasteiger partial charge in [0.05, 0.1) is 36.6 Å². The molecule has 166 valence electrons. The van der Waals surface area contributed by atoms with Crippen molar-refractivity contribution in [2.24, 2.45) is 17.1 Å². The van der Waals surface area contributed by atoms with Crippen LogP contribution < -0.4 is 15.2 Å². The lowest BCUT2D eigenvalue weighted by Gasteiger charge is -2.45. The molecular weight excluding hydrogens is 402 g/mol. The highest BCUT2D eigenvalue weighted by Crippen LogP contribution is 2.54.